The Morgan fingerprint density at radius 1 is 1.35 bits per heavy atom. The molecule has 1 amide bonds. The van der Waals surface area contributed by atoms with Crippen molar-refractivity contribution in [3.8, 4) is 0 Å². The second-order valence-electron chi connectivity index (χ2n) is 6.63. The molecule has 1 aromatic rings. The van der Waals surface area contributed by atoms with Crippen LogP contribution in [0.3, 0.4) is 0 Å². The van der Waals surface area contributed by atoms with E-state index >= 15 is 0 Å². The minimum Gasteiger partial charge on any atom is -0.352 e. The fourth-order valence-corrected chi connectivity index (χ4v) is 2.97. The second-order valence-corrected chi connectivity index (χ2v) is 6.63. The van der Waals surface area contributed by atoms with Crippen LogP contribution in [-0.4, -0.2) is 38.0 Å². The Balaban J connectivity index is 2.03. The molecule has 20 heavy (non-hydrogen) atoms. The van der Waals surface area contributed by atoms with Crippen molar-refractivity contribution in [2.45, 2.75) is 38.5 Å². The van der Waals surface area contributed by atoms with Crippen LogP contribution in [-0.2, 0) is 11.8 Å². The highest BCUT2D eigenvalue weighted by Crippen LogP contribution is 2.39. The molecule has 0 unspecified atom stereocenters. The van der Waals surface area contributed by atoms with Crippen molar-refractivity contribution in [2.75, 3.05) is 27.2 Å². The summed E-state index contributed by atoms with van der Waals surface area (Å²) in [6.45, 7) is 6.26. The minimum absolute atomic E-state index is 0.0818. The quantitative estimate of drug-likeness (QED) is 0.837. The zero-order valence-corrected chi connectivity index (χ0v) is 13.1. The van der Waals surface area contributed by atoms with Crippen LogP contribution in [0.4, 0.5) is 0 Å². The summed E-state index contributed by atoms with van der Waals surface area (Å²) in [5, 5.41) is 3.05. The number of benzene rings is 1. The third kappa shape index (κ3) is 3.21. The van der Waals surface area contributed by atoms with Crippen molar-refractivity contribution >= 4 is 5.91 Å². The average Bonchev–Trinajstić information content (AvgIpc) is 2.70. The maximum Gasteiger partial charge on any atom is 0.251 e. The molecule has 0 atom stereocenters. The number of hydrogen-bond acceptors (Lipinski definition) is 2. The molecule has 1 aliphatic rings. The van der Waals surface area contributed by atoms with Gasteiger partial charge >= 0.3 is 0 Å². The van der Waals surface area contributed by atoms with Crippen LogP contribution < -0.4 is 5.32 Å². The number of nitrogens with one attached hydrogen (secondary N) is 1. The average molecular weight is 274 g/mol. The summed E-state index contributed by atoms with van der Waals surface area (Å²) in [7, 11) is 4.10. The third-order valence-corrected chi connectivity index (χ3v) is 4.22. The lowest BCUT2D eigenvalue weighted by atomic mass is 9.86. The molecular weight excluding hydrogens is 248 g/mol. The predicted octanol–water partition coefficient (Wildman–Crippen LogP) is 2.59. The van der Waals surface area contributed by atoms with Gasteiger partial charge in [-0.15, -0.1) is 0 Å². The standard InChI is InChI=1S/C17H26N2O/c1-17(2)10-9-13-14(7-5-8-15(13)17)16(20)18-11-6-12-19(3)4/h5,7-8H,6,9-12H2,1-4H3,(H,18,20). The smallest absolute Gasteiger partial charge is 0.251 e. The number of carbonyl (C=O) groups excluding carboxylic acids is 1. The first-order valence-electron chi connectivity index (χ1n) is 7.47. The van der Waals surface area contributed by atoms with E-state index in [1.807, 2.05) is 26.2 Å². The first-order valence-corrected chi connectivity index (χ1v) is 7.47. The van der Waals surface area contributed by atoms with Gasteiger partial charge in [0.2, 0.25) is 0 Å². The molecule has 3 nitrogen and oxygen atoms in total. The van der Waals surface area contributed by atoms with E-state index < -0.39 is 0 Å². The summed E-state index contributed by atoms with van der Waals surface area (Å²) in [6, 6.07) is 6.15. The van der Waals surface area contributed by atoms with Crippen LogP contribution in [0.15, 0.2) is 18.2 Å². The Kier molecular flexibility index (Phi) is 4.48. The van der Waals surface area contributed by atoms with Gasteiger partial charge in [0.15, 0.2) is 0 Å². The van der Waals surface area contributed by atoms with E-state index in [0.717, 1.165) is 37.9 Å². The molecule has 0 aromatic heterocycles. The summed E-state index contributed by atoms with van der Waals surface area (Å²) in [5.74, 6) is 0.0818. The lowest BCUT2D eigenvalue weighted by molar-refractivity contribution is 0.0951. The number of amides is 1. The molecule has 1 N–H and O–H groups in total. The van der Waals surface area contributed by atoms with Crippen LogP contribution in [0, 0.1) is 0 Å². The fraction of sp³-hybridized carbons (Fsp3) is 0.588. The van der Waals surface area contributed by atoms with E-state index in [0.29, 0.717) is 0 Å². The van der Waals surface area contributed by atoms with Crippen molar-refractivity contribution in [1.82, 2.24) is 10.2 Å². The van der Waals surface area contributed by atoms with Crippen molar-refractivity contribution in [1.29, 1.82) is 0 Å². The Labute approximate surface area is 122 Å². The first-order chi connectivity index (χ1) is 9.42. The maximum absolute atomic E-state index is 12.3. The van der Waals surface area contributed by atoms with Crippen LogP contribution in [0.2, 0.25) is 0 Å². The number of fused-ring (bicyclic) bond motifs is 1. The molecule has 110 valence electrons. The molecule has 0 fully saturated rings. The summed E-state index contributed by atoms with van der Waals surface area (Å²) >= 11 is 0. The topological polar surface area (TPSA) is 32.3 Å². The third-order valence-electron chi connectivity index (χ3n) is 4.22. The van der Waals surface area contributed by atoms with E-state index in [1.54, 1.807) is 0 Å². The Bertz CT molecular complexity index is 492. The van der Waals surface area contributed by atoms with Gasteiger partial charge in [-0.05, 0) is 62.5 Å². The second kappa shape index (κ2) is 5.96. The number of hydrogen-bond donors (Lipinski definition) is 1. The van der Waals surface area contributed by atoms with Gasteiger partial charge < -0.3 is 10.2 Å². The molecule has 0 bridgehead atoms. The molecule has 0 heterocycles. The van der Waals surface area contributed by atoms with Gasteiger partial charge in [-0.3, -0.25) is 4.79 Å². The van der Waals surface area contributed by atoms with Crippen molar-refractivity contribution in [2.24, 2.45) is 0 Å². The molecule has 0 saturated carbocycles. The van der Waals surface area contributed by atoms with E-state index in [4.69, 9.17) is 0 Å². The summed E-state index contributed by atoms with van der Waals surface area (Å²) in [6.07, 6.45) is 3.14. The van der Waals surface area contributed by atoms with Gasteiger partial charge in [-0.2, -0.15) is 0 Å². The Morgan fingerprint density at radius 2 is 2.10 bits per heavy atom. The largest absolute Gasteiger partial charge is 0.352 e. The SMILES string of the molecule is CN(C)CCCNC(=O)c1cccc2c1CCC2(C)C. The Hall–Kier alpha value is -1.35. The Morgan fingerprint density at radius 3 is 2.80 bits per heavy atom. The molecule has 2 rings (SSSR count). The zero-order valence-electron chi connectivity index (χ0n) is 13.1. The number of nitrogens with zero attached hydrogens (tertiary/aromatic N) is 1. The summed E-state index contributed by atoms with van der Waals surface area (Å²) < 4.78 is 0. The normalized spacial score (nSPS) is 16.2. The number of rotatable bonds is 5. The van der Waals surface area contributed by atoms with Crippen LogP contribution in [0.1, 0.15) is 48.2 Å². The highest BCUT2D eigenvalue weighted by Gasteiger charge is 2.32. The molecule has 1 aromatic carbocycles. The number of carbonyl (C=O) groups is 1. The van der Waals surface area contributed by atoms with Crippen molar-refractivity contribution in [3.05, 3.63) is 34.9 Å². The highest BCUT2D eigenvalue weighted by atomic mass is 16.1. The monoisotopic (exact) mass is 274 g/mol. The molecule has 0 radical (unpaired) electrons. The minimum atomic E-state index is 0.0818. The van der Waals surface area contributed by atoms with Gasteiger partial charge in [-0.25, -0.2) is 0 Å². The van der Waals surface area contributed by atoms with Crippen molar-refractivity contribution in [3.63, 3.8) is 0 Å². The van der Waals surface area contributed by atoms with E-state index in [1.165, 1.54) is 11.1 Å². The molecule has 0 spiro atoms. The van der Waals surface area contributed by atoms with Gasteiger partial charge in [0.1, 0.15) is 0 Å². The van der Waals surface area contributed by atoms with Crippen LogP contribution in [0.25, 0.3) is 0 Å². The lowest BCUT2D eigenvalue weighted by Gasteiger charge is -2.19. The van der Waals surface area contributed by atoms with Crippen molar-refractivity contribution < 1.29 is 4.79 Å². The van der Waals surface area contributed by atoms with Gasteiger partial charge in [0, 0.05) is 12.1 Å². The molecule has 0 saturated heterocycles. The molecule has 0 aliphatic heterocycles. The zero-order chi connectivity index (χ0) is 14.8. The van der Waals surface area contributed by atoms with E-state index in [2.05, 4.69) is 30.1 Å². The van der Waals surface area contributed by atoms with Gasteiger partial charge in [0.05, 0.1) is 0 Å². The maximum atomic E-state index is 12.3. The van der Waals surface area contributed by atoms with Gasteiger partial charge in [0.25, 0.3) is 5.91 Å². The highest BCUT2D eigenvalue weighted by molar-refractivity contribution is 5.96. The summed E-state index contributed by atoms with van der Waals surface area (Å²) in [4.78, 5) is 14.5. The van der Waals surface area contributed by atoms with Crippen LogP contribution >= 0.6 is 0 Å². The molecular formula is C17H26N2O. The van der Waals surface area contributed by atoms with E-state index in [9.17, 15) is 4.79 Å². The predicted molar refractivity (Wildman–Crippen MR) is 83.3 cm³/mol. The molecule has 3 heteroatoms. The van der Waals surface area contributed by atoms with E-state index in [-0.39, 0.29) is 11.3 Å². The van der Waals surface area contributed by atoms with Gasteiger partial charge in [-0.1, -0.05) is 26.0 Å². The molecule has 1 aliphatic carbocycles. The summed E-state index contributed by atoms with van der Waals surface area (Å²) in [5.41, 5.74) is 3.68. The van der Waals surface area contributed by atoms with Crippen LogP contribution in [0.5, 0.6) is 0 Å². The first kappa shape index (κ1) is 15.0. The lowest BCUT2D eigenvalue weighted by Crippen LogP contribution is -2.28. The fourth-order valence-electron chi connectivity index (χ4n) is 2.97.